The predicted molar refractivity (Wildman–Crippen MR) is 115 cm³/mol. The molecular weight excluding hydrogens is 390 g/mol. The van der Waals surface area contributed by atoms with E-state index in [2.05, 4.69) is 15.6 Å². The van der Waals surface area contributed by atoms with E-state index < -0.39 is 9.84 Å². The van der Waals surface area contributed by atoms with E-state index in [4.69, 9.17) is 9.47 Å². The summed E-state index contributed by atoms with van der Waals surface area (Å²) in [7, 11) is 0.389. The molecule has 2 fully saturated rings. The maximum absolute atomic E-state index is 11.7. The standard InChI is InChI=1S/C21H33N3O4S/c1-22-20(24-14-21(11-12-21)15-29(3,25)26)23-13-16-7-6-10-18(27-2)19(16)28-17-8-4-5-9-17/h6-7,10,17H,4-5,8-9,11-15H2,1-3H3,(H2,22,23,24). The lowest BCUT2D eigenvalue weighted by molar-refractivity contribution is 0.198. The second kappa shape index (κ2) is 9.24. The normalized spacial score (nSPS) is 19.1. The molecule has 1 aromatic rings. The predicted octanol–water partition coefficient (Wildman–Crippen LogP) is 2.51. The minimum Gasteiger partial charge on any atom is -0.493 e. The molecule has 2 aliphatic rings. The molecule has 0 saturated heterocycles. The number of sulfone groups is 1. The number of methoxy groups -OCH3 is 1. The van der Waals surface area contributed by atoms with Gasteiger partial charge in [-0.3, -0.25) is 4.99 Å². The molecule has 0 atom stereocenters. The third kappa shape index (κ3) is 6.26. The van der Waals surface area contributed by atoms with Crippen LogP contribution in [0.3, 0.4) is 0 Å². The van der Waals surface area contributed by atoms with Crippen LogP contribution in [0.15, 0.2) is 23.2 Å². The summed E-state index contributed by atoms with van der Waals surface area (Å²) in [5, 5.41) is 6.61. The van der Waals surface area contributed by atoms with Crippen molar-refractivity contribution in [1.82, 2.24) is 10.6 Å². The molecule has 0 radical (unpaired) electrons. The Morgan fingerprint density at radius 2 is 1.97 bits per heavy atom. The van der Waals surface area contributed by atoms with E-state index in [1.54, 1.807) is 14.2 Å². The van der Waals surface area contributed by atoms with Crippen LogP contribution in [0.2, 0.25) is 0 Å². The van der Waals surface area contributed by atoms with Crippen LogP contribution in [0.25, 0.3) is 0 Å². The van der Waals surface area contributed by atoms with E-state index in [1.807, 2.05) is 18.2 Å². The Labute approximate surface area is 174 Å². The van der Waals surface area contributed by atoms with Crippen LogP contribution in [-0.2, 0) is 16.4 Å². The van der Waals surface area contributed by atoms with Crippen molar-refractivity contribution in [3.05, 3.63) is 23.8 Å². The highest BCUT2D eigenvalue weighted by Crippen LogP contribution is 2.46. The van der Waals surface area contributed by atoms with Crippen LogP contribution in [0.5, 0.6) is 11.5 Å². The lowest BCUT2D eigenvalue weighted by atomic mass is 10.1. The van der Waals surface area contributed by atoms with Gasteiger partial charge in [-0.05, 0) is 44.6 Å². The molecule has 0 bridgehead atoms. The number of ether oxygens (including phenoxy) is 2. The van der Waals surface area contributed by atoms with E-state index >= 15 is 0 Å². The Morgan fingerprint density at radius 1 is 1.24 bits per heavy atom. The molecule has 8 heteroatoms. The van der Waals surface area contributed by atoms with Crippen LogP contribution >= 0.6 is 0 Å². The molecule has 2 N–H and O–H groups in total. The van der Waals surface area contributed by atoms with Gasteiger partial charge in [0.25, 0.3) is 0 Å². The Hall–Kier alpha value is -1.96. The SMILES string of the molecule is CN=C(NCc1cccc(OC)c1OC1CCCC1)NCC1(CS(C)(=O)=O)CC1. The highest BCUT2D eigenvalue weighted by molar-refractivity contribution is 7.90. The van der Waals surface area contributed by atoms with Gasteiger partial charge in [-0.2, -0.15) is 0 Å². The number of rotatable bonds is 9. The Kier molecular flexibility index (Phi) is 6.93. The second-order valence-corrected chi connectivity index (χ2v) is 10.5. The van der Waals surface area contributed by atoms with Gasteiger partial charge in [0.2, 0.25) is 0 Å². The summed E-state index contributed by atoms with van der Waals surface area (Å²) in [6.45, 7) is 1.14. The zero-order chi connectivity index (χ0) is 20.9. The quantitative estimate of drug-likeness (QED) is 0.469. The topological polar surface area (TPSA) is 89.0 Å². The van der Waals surface area contributed by atoms with Crippen molar-refractivity contribution in [3.8, 4) is 11.5 Å². The van der Waals surface area contributed by atoms with Gasteiger partial charge in [0, 0.05) is 37.4 Å². The van der Waals surface area contributed by atoms with Crippen molar-refractivity contribution in [2.45, 2.75) is 51.2 Å². The van der Waals surface area contributed by atoms with E-state index in [0.717, 1.165) is 42.7 Å². The first kappa shape index (κ1) is 21.7. The fourth-order valence-corrected chi connectivity index (χ4v) is 5.45. The number of hydrogen-bond acceptors (Lipinski definition) is 5. The summed E-state index contributed by atoms with van der Waals surface area (Å²) in [5.41, 5.74) is 0.856. The third-order valence-corrected chi connectivity index (χ3v) is 6.83. The van der Waals surface area contributed by atoms with E-state index in [-0.39, 0.29) is 17.3 Å². The molecule has 29 heavy (non-hydrogen) atoms. The van der Waals surface area contributed by atoms with Gasteiger partial charge in [-0.25, -0.2) is 8.42 Å². The Morgan fingerprint density at radius 3 is 2.55 bits per heavy atom. The van der Waals surface area contributed by atoms with Crippen molar-refractivity contribution < 1.29 is 17.9 Å². The Balaban J connectivity index is 1.60. The summed E-state index contributed by atoms with van der Waals surface area (Å²) in [6, 6.07) is 5.90. The van der Waals surface area contributed by atoms with Crippen LogP contribution in [-0.4, -0.2) is 53.2 Å². The summed E-state index contributed by atoms with van der Waals surface area (Å²) in [4.78, 5) is 4.28. The fourth-order valence-electron chi connectivity index (χ4n) is 3.94. The van der Waals surface area contributed by atoms with Crippen molar-refractivity contribution in [2.75, 3.05) is 32.7 Å². The van der Waals surface area contributed by atoms with Crippen LogP contribution < -0.4 is 20.1 Å². The van der Waals surface area contributed by atoms with E-state index in [0.29, 0.717) is 19.0 Å². The van der Waals surface area contributed by atoms with E-state index in [9.17, 15) is 8.42 Å². The molecule has 0 aliphatic heterocycles. The fraction of sp³-hybridized carbons (Fsp3) is 0.667. The number of nitrogens with one attached hydrogen (secondary N) is 2. The molecule has 162 valence electrons. The molecule has 2 aliphatic carbocycles. The zero-order valence-electron chi connectivity index (χ0n) is 17.7. The number of hydrogen-bond donors (Lipinski definition) is 2. The van der Waals surface area contributed by atoms with Gasteiger partial charge in [0.05, 0.1) is 19.0 Å². The maximum Gasteiger partial charge on any atom is 0.191 e. The van der Waals surface area contributed by atoms with Crippen molar-refractivity contribution in [3.63, 3.8) is 0 Å². The van der Waals surface area contributed by atoms with Crippen LogP contribution in [0.1, 0.15) is 44.1 Å². The number of benzene rings is 1. The summed E-state index contributed by atoms with van der Waals surface area (Å²) in [6.07, 6.45) is 7.98. The number of nitrogens with zero attached hydrogens (tertiary/aromatic N) is 1. The molecule has 0 unspecified atom stereocenters. The zero-order valence-corrected chi connectivity index (χ0v) is 18.5. The van der Waals surface area contributed by atoms with Crippen molar-refractivity contribution >= 4 is 15.8 Å². The molecule has 0 amide bonds. The summed E-state index contributed by atoms with van der Waals surface area (Å²) in [5.74, 6) is 2.41. The largest absolute Gasteiger partial charge is 0.493 e. The highest BCUT2D eigenvalue weighted by Gasteiger charge is 2.45. The number of para-hydroxylation sites is 1. The molecule has 1 aromatic carbocycles. The molecule has 0 heterocycles. The molecule has 0 aromatic heterocycles. The first-order valence-corrected chi connectivity index (χ1v) is 12.3. The third-order valence-electron chi connectivity index (χ3n) is 5.69. The summed E-state index contributed by atoms with van der Waals surface area (Å²) < 4.78 is 35.1. The van der Waals surface area contributed by atoms with Crippen LogP contribution in [0.4, 0.5) is 0 Å². The lowest BCUT2D eigenvalue weighted by Crippen LogP contribution is -2.41. The summed E-state index contributed by atoms with van der Waals surface area (Å²) >= 11 is 0. The molecule has 2 saturated carbocycles. The van der Waals surface area contributed by atoms with Crippen LogP contribution in [0, 0.1) is 5.41 Å². The van der Waals surface area contributed by atoms with Crippen molar-refractivity contribution in [2.24, 2.45) is 10.4 Å². The second-order valence-electron chi connectivity index (χ2n) is 8.32. The van der Waals surface area contributed by atoms with Gasteiger partial charge < -0.3 is 20.1 Å². The van der Waals surface area contributed by atoms with Gasteiger partial charge >= 0.3 is 0 Å². The van der Waals surface area contributed by atoms with Gasteiger partial charge in [-0.1, -0.05) is 12.1 Å². The smallest absolute Gasteiger partial charge is 0.191 e. The van der Waals surface area contributed by atoms with Crippen molar-refractivity contribution in [1.29, 1.82) is 0 Å². The molecule has 0 spiro atoms. The first-order chi connectivity index (χ1) is 13.8. The Bertz CT molecular complexity index is 828. The molecule has 7 nitrogen and oxygen atoms in total. The number of aliphatic imine (C=N–C) groups is 1. The monoisotopic (exact) mass is 423 g/mol. The minimum atomic E-state index is -2.98. The minimum absolute atomic E-state index is 0.155. The maximum atomic E-state index is 11.7. The molecule has 3 rings (SSSR count). The first-order valence-electron chi connectivity index (χ1n) is 10.3. The number of guanidine groups is 1. The highest BCUT2D eigenvalue weighted by atomic mass is 32.2. The molecular formula is C21H33N3O4S. The van der Waals surface area contributed by atoms with Gasteiger partial charge in [-0.15, -0.1) is 0 Å². The average Bonchev–Trinajstić information content (AvgIpc) is 3.22. The van der Waals surface area contributed by atoms with Gasteiger partial charge in [0.15, 0.2) is 17.5 Å². The van der Waals surface area contributed by atoms with E-state index in [1.165, 1.54) is 19.1 Å². The lowest BCUT2D eigenvalue weighted by Gasteiger charge is -2.21. The average molecular weight is 424 g/mol. The van der Waals surface area contributed by atoms with Gasteiger partial charge in [0.1, 0.15) is 9.84 Å².